The Balaban J connectivity index is 0.000000281. The van der Waals surface area contributed by atoms with Gasteiger partial charge in [0.2, 0.25) is 0 Å². The summed E-state index contributed by atoms with van der Waals surface area (Å²) >= 11 is 0. The van der Waals surface area contributed by atoms with Crippen LogP contribution in [0.5, 0.6) is 0 Å². The van der Waals surface area contributed by atoms with Crippen LogP contribution < -0.4 is 0 Å². The zero-order chi connectivity index (χ0) is 33.5. The molecule has 4 heterocycles. The summed E-state index contributed by atoms with van der Waals surface area (Å²) in [5, 5.41) is 7.68. The monoisotopic (exact) mass is 606 g/mol. The molecule has 0 spiro atoms. The Morgan fingerprint density at radius 2 is 0.911 bits per heavy atom. The maximum Gasteiger partial charge on any atom is 0.0656 e. The van der Waals surface area contributed by atoms with E-state index in [9.17, 15) is 0 Å². The second-order valence-electron chi connectivity index (χ2n) is 12.0. The van der Waals surface area contributed by atoms with Gasteiger partial charge in [-0.2, -0.15) is 10.2 Å². The summed E-state index contributed by atoms with van der Waals surface area (Å²) in [4.78, 5) is 16.2. The lowest BCUT2D eigenvalue weighted by Crippen LogP contribution is -1.92. The lowest BCUT2D eigenvalue weighted by atomic mass is 10.0. The van der Waals surface area contributed by atoms with E-state index in [-0.39, 0.29) is 0 Å². The van der Waals surface area contributed by atoms with Crippen LogP contribution in [0.4, 0.5) is 0 Å². The number of benzene rings is 1. The summed E-state index contributed by atoms with van der Waals surface area (Å²) in [6.07, 6.45) is 12.4. The lowest BCUT2D eigenvalue weighted by Gasteiger charge is -2.01. The van der Waals surface area contributed by atoms with Gasteiger partial charge in [0.25, 0.3) is 0 Å². The Morgan fingerprint density at radius 1 is 0.378 bits per heavy atom. The summed E-state index contributed by atoms with van der Waals surface area (Å²) in [5.41, 5.74) is 5.99. The largest absolute Gasteiger partial charge is 0.264 e. The van der Waals surface area contributed by atoms with E-state index in [0.29, 0.717) is 29.6 Å². The van der Waals surface area contributed by atoms with Crippen LogP contribution in [0.2, 0.25) is 0 Å². The number of nitrogens with zero attached hydrogens (tertiary/aromatic N) is 6. The zero-order valence-corrected chi connectivity index (χ0v) is 29.0. The molecule has 0 bridgehead atoms. The zero-order valence-electron chi connectivity index (χ0n) is 29.0. The quantitative estimate of drug-likeness (QED) is 0.198. The Bertz CT molecular complexity index is 1090. The van der Waals surface area contributed by atoms with Crippen LogP contribution in [-0.2, 0) is 0 Å². The van der Waals surface area contributed by atoms with Crippen molar-refractivity contribution in [2.45, 2.75) is 98.8 Å². The van der Waals surface area contributed by atoms with Gasteiger partial charge in [-0.3, -0.25) is 19.9 Å². The highest BCUT2D eigenvalue weighted by Gasteiger charge is 1.98. The van der Waals surface area contributed by atoms with Crippen molar-refractivity contribution >= 4 is 0 Å². The smallest absolute Gasteiger partial charge is 0.0656 e. The Kier molecular flexibility index (Phi) is 19.9. The molecule has 0 atom stereocenters. The Hall–Kier alpha value is -4.32. The molecule has 0 unspecified atom stereocenters. The fourth-order valence-electron chi connectivity index (χ4n) is 3.50. The van der Waals surface area contributed by atoms with Crippen molar-refractivity contribution in [3.63, 3.8) is 0 Å². The van der Waals surface area contributed by atoms with Crippen LogP contribution in [0, 0.1) is 0 Å². The van der Waals surface area contributed by atoms with Gasteiger partial charge in [-0.1, -0.05) is 112 Å². The second kappa shape index (κ2) is 23.1. The molecule has 0 N–H and O–H groups in total. The van der Waals surface area contributed by atoms with Gasteiger partial charge >= 0.3 is 0 Å². The standard InChI is InChI=1S/C9H12.2C8H11N.2C7H10N2/c1-8(2)9-6-4-3-5-7-9;1-7(2)8-4-3-5-9-6-8;1-7(2)8-5-3-4-6-9-8;1-6(2)7-5-8-3-4-9-7;1-6(2)7-4-3-5-8-9-7/h3-8H,1-2H3;2*3-7H,1-2H3;2*3-6H,1-2H3. The van der Waals surface area contributed by atoms with Crippen LogP contribution in [0.3, 0.4) is 0 Å². The maximum atomic E-state index is 4.18. The van der Waals surface area contributed by atoms with Gasteiger partial charge in [0.15, 0.2) is 0 Å². The van der Waals surface area contributed by atoms with Crippen molar-refractivity contribution in [3.05, 3.63) is 144 Å². The van der Waals surface area contributed by atoms with Crippen LogP contribution in [0.15, 0.2) is 116 Å². The second-order valence-corrected chi connectivity index (χ2v) is 12.0. The molecule has 0 amide bonds. The number of aromatic nitrogens is 6. The number of hydrogen-bond donors (Lipinski definition) is 0. The molecule has 6 heteroatoms. The lowest BCUT2D eigenvalue weighted by molar-refractivity contribution is 0.785. The highest BCUT2D eigenvalue weighted by atomic mass is 15.1. The summed E-state index contributed by atoms with van der Waals surface area (Å²) < 4.78 is 0. The summed E-state index contributed by atoms with van der Waals surface area (Å²) in [6.45, 7) is 21.4. The fraction of sp³-hybridized carbons (Fsp3) is 0.385. The molecule has 1 aromatic carbocycles. The Labute approximate surface area is 272 Å². The molecule has 0 aliphatic heterocycles. The first-order valence-corrected chi connectivity index (χ1v) is 15.9. The van der Waals surface area contributed by atoms with Gasteiger partial charge in [-0.25, -0.2) is 0 Å². The average Bonchev–Trinajstić information content (AvgIpc) is 3.08. The predicted octanol–water partition coefficient (Wildman–Crippen LogP) is 10.4. The molecule has 5 rings (SSSR count). The fourth-order valence-corrected chi connectivity index (χ4v) is 3.50. The minimum absolute atomic E-state index is 0.485. The van der Waals surface area contributed by atoms with E-state index < -0.39 is 0 Å². The van der Waals surface area contributed by atoms with Crippen LogP contribution in [0.1, 0.15) is 127 Å². The summed E-state index contributed by atoms with van der Waals surface area (Å²) in [5.74, 6) is 2.77. The van der Waals surface area contributed by atoms with Crippen LogP contribution in [-0.4, -0.2) is 30.1 Å². The molecule has 5 aromatic rings. The van der Waals surface area contributed by atoms with Crippen molar-refractivity contribution in [2.24, 2.45) is 0 Å². The third-order valence-electron chi connectivity index (χ3n) is 6.46. The van der Waals surface area contributed by atoms with Gasteiger partial charge in [-0.05, 0) is 71.0 Å². The molecular formula is C39H54N6. The highest BCUT2D eigenvalue weighted by Crippen LogP contribution is 2.12. The third-order valence-corrected chi connectivity index (χ3v) is 6.46. The van der Waals surface area contributed by atoms with E-state index in [1.807, 2.05) is 54.9 Å². The molecule has 0 saturated heterocycles. The van der Waals surface area contributed by atoms with Gasteiger partial charge in [0.05, 0.1) is 11.4 Å². The molecule has 6 nitrogen and oxygen atoms in total. The summed E-state index contributed by atoms with van der Waals surface area (Å²) in [6, 6.07) is 24.5. The summed E-state index contributed by atoms with van der Waals surface area (Å²) in [7, 11) is 0. The molecule has 0 radical (unpaired) electrons. The molecule has 0 aliphatic carbocycles. The van der Waals surface area contributed by atoms with E-state index in [1.54, 1.807) is 31.0 Å². The molecule has 0 aliphatic rings. The minimum atomic E-state index is 0.485. The molecular weight excluding hydrogens is 552 g/mol. The van der Waals surface area contributed by atoms with Gasteiger partial charge < -0.3 is 0 Å². The van der Waals surface area contributed by atoms with E-state index in [0.717, 1.165) is 17.1 Å². The van der Waals surface area contributed by atoms with Gasteiger partial charge in [0.1, 0.15) is 0 Å². The van der Waals surface area contributed by atoms with Gasteiger partial charge in [-0.15, -0.1) is 0 Å². The molecule has 45 heavy (non-hydrogen) atoms. The van der Waals surface area contributed by atoms with Gasteiger partial charge in [0, 0.05) is 49.1 Å². The van der Waals surface area contributed by atoms with Crippen molar-refractivity contribution < 1.29 is 0 Å². The minimum Gasteiger partial charge on any atom is -0.264 e. The maximum absolute atomic E-state index is 4.18. The predicted molar refractivity (Wildman–Crippen MR) is 189 cm³/mol. The first-order chi connectivity index (χ1) is 21.5. The first-order valence-electron chi connectivity index (χ1n) is 15.9. The number of rotatable bonds is 5. The first kappa shape index (κ1) is 38.7. The van der Waals surface area contributed by atoms with Crippen molar-refractivity contribution in [1.29, 1.82) is 0 Å². The van der Waals surface area contributed by atoms with Crippen molar-refractivity contribution in [1.82, 2.24) is 30.1 Å². The number of hydrogen-bond acceptors (Lipinski definition) is 6. The normalized spacial score (nSPS) is 10.1. The third kappa shape index (κ3) is 18.2. The average molecular weight is 607 g/mol. The molecule has 4 aromatic heterocycles. The Morgan fingerprint density at radius 3 is 1.24 bits per heavy atom. The molecule has 0 fully saturated rings. The van der Waals surface area contributed by atoms with Crippen LogP contribution in [0.25, 0.3) is 0 Å². The van der Waals surface area contributed by atoms with Crippen molar-refractivity contribution in [2.75, 3.05) is 0 Å². The number of pyridine rings is 2. The van der Waals surface area contributed by atoms with E-state index in [1.165, 1.54) is 11.1 Å². The van der Waals surface area contributed by atoms with E-state index in [2.05, 4.69) is 130 Å². The van der Waals surface area contributed by atoms with Crippen molar-refractivity contribution in [3.8, 4) is 0 Å². The SMILES string of the molecule is CC(C)c1ccccc1.CC(C)c1ccccn1.CC(C)c1cccnc1.CC(C)c1cccnn1.CC(C)c1cnccn1. The van der Waals surface area contributed by atoms with E-state index in [4.69, 9.17) is 0 Å². The van der Waals surface area contributed by atoms with Crippen LogP contribution >= 0.6 is 0 Å². The molecule has 0 saturated carbocycles. The van der Waals surface area contributed by atoms with E-state index >= 15 is 0 Å². The molecule has 240 valence electrons. The topological polar surface area (TPSA) is 77.3 Å². The highest BCUT2D eigenvalue weighted by molar-refractivity contribution is 5.17.